The van der Waals surface area contributed by atoms with Gasteiger partial charge in [-0.2, -0.15) is 5.10 Å². The Morgan fingerprint density at radius 1 is 1.39 bits per heavy atom. The van der Waals surface area contributed by atoms with E-state index in [9.17, 15) is 0 Å². The maximum absolute atomic E-state index is 5.66. The fourth-order valence-corrected chi connectivity index (χ4v) is 2.37. The van der Waals surface area contributed by atoms with Gasteiger partial charge >= 0.3 is 0 Å². The summed E-state index contributed by atoms with van der Waals surface area (Å²) < 4.78 is 1.92. The summed E-state index contributed by atoms with van der Waals surface area (Å²) in [6.45, 7) is 2.02. The van der Waals surface area contributed by atoms with Gasteiger partial charge in [-0.25, -0.2) is 4.68 Å². The molecule has 0 bridgehead atoms. The van der Waals surface area contributed by atoms with Gasteiger partial charge in [-0.1, -0.05) is 12.2 Å². The molecule has 1 aliphatic rings. The zero-order valence-corrected chi connectivity index (χ0v) is 11.1. The van der Waals surface area contributed by atoms with E-state index < -0.39 is 0 Å². The second-order valence-electron chi connectivity index (χ2n) is 4.82. The summed E-state index contributed by atoms with van der Waals surface area (Å²) in [5, 5.41) is 4.61. The minimum Gasteiger partial charge on any atom is -0.389 e. The van der Waals surface area contributed by atoms with E-state index in [1.165, 1.54) is 18.5 Å². The molecule has 0 amide bonds. The topological polar surface area (TPSA) is 43.8 Å². The van der Waals surface area contributed by atoms with Crippen molar-refractivity contribution < 1.29 is 0 Å². The van der Waals surface area contributed by atoms with Gasteiger partial charge in [0, 0.05) is 17.7 Å². The summed E-state index contributed by atoms with van der Waals surface area (Å²) in [6.07, 6.45) is 4.57. The summed E-state index contributed by atoms with van der Waals surface area (Å²) in [5.74, 6) is 0.684. The molecule has 1 heterocycles. The zero-order valence-electron chi connectivity index (χ0n) is 10.3. The van der Waals surface area contributed by atoms with Gasteiger partial charge in [0.1, 0.15) is 4.99 Å². The van der Waals surface area contributed by atoms with Gasteiger partial charge in [-0.3, -0.25) is 0 Å². The third-order valence-electron chi connectivity index (χ3n) is 3.35. The standard InChI is InChI=1S/C14H15N3S/c1-9-8-11(4-5-12(9)14(15)18)17-7-6-13(16-17)10-2-3-10/h4-8,10H,2-3H2,1H3,(H2,15,18). The minimum absolute atomic E-state index is 0.443. The van der Waals surface area contributed by atoms with Gasteiger partial charge in [0.2, 0.25) is 0 Å². The lowest BCUT2D eigenvalue weighted by Crippen LogP contribution is -2.11. The number of aryl methyl sites for hydroxylation is 1. The molecule has 1 aromatic carbocycles. The molecule has 0 aliphatic heterocycles. The fraction of sp³-hybridized carbons (Fsp3) is 0.286. The number of rotatable bonds is 3. The van der Waals surface area contributed by atoms with Crippen LogP contribution in [-0.2, 0) is 0 Å². The van der Waals surface area contributed by atoms with Crippen molar-refractivity contribution in [1.82, 2.24) is 9.78 Å². The van der Waals surface area contributed by atoms with Crippen LogP contribution in [0.3, 0.4) is 0 Å². The first kappa shape index (κ1) is 11.4. The van der Waals surface area contributed by atoms with Gasteiger partial charge in [0.25, 0.3) is 0 Å². The molecular formula is C14H15N3S. The molecule has 1 saturated carbocycles. The molecule has 1 aromatic heterocycles. The Labute approximate surface area is 112 Å². The van der Waals surface area contributed by atoms with Crippen LogP contribution < -0.4 is 5.73 Å². The van der Waals surface area contributed by atoms with Crippen LogP contribution in [0, 0.1) is 6.92 Å². The average Bonchev–Trinajstić information content (AvgIpc) is 3.06. The number of thiocarbonyl (C=S) groups is 1. The number of nitrogens with zero attached hydrogens (tertiary/aromatic N) is 2. The molecule has 2 aromatic rings. The Hall–Kier alpha value is -1.68. The van der Waals surface area contributed by atoms with Gasteiger partial charge in [-0.15, -0.1) is 0 Å². The smallest absolute Gasteiger partial charge is 0.104 e. The normalized spacial score (nSPS) is 14.7. The lowest BCUT2D eigenvalue weighted by molar-refractivity contribution is 0.836. The number of nitrogens with two attached hydrogens (primary N) is 1. The molecule has 3 nitrogen and oxygen atoms in total. The molecule has 92 valence electrons. The van der Waals surface area contributed by atoms with Crippen LogP contribution in [0.4, 0.5) is 0 Å². The number of hydrogen-bond acceptors (Lipinski definition) is 2. The molecule has 0 atom stereocenters. The maximum atomic E-state index is 5.66. The van der Waals surface area contributed by atoms with E-state index in [4.69, 9.17) is 18.0 Å². The van der Waals surface area contributed by atoms with E-state index in [2.05, 4.69) is 17.2 Å². The van der Waals surface area contributed by atoms with Crippen LogP contribution in [0.15, 0.2) is 30.5 Å². The van der Waals surface area contributed by atoms with Crippen LogP contribution in [0.25, 0.3) is 5.69 Å². The van der Waals surface area contributed by atoms with Crippen molar-refractivity contribution in [3.63, 3.8) is 0 Å². The summed E-state index contributed by atoms with van der Waals surface area (Å²) in [5.41, 5.74) is 9.94. The molecule has 1 fully saturated rings. The maximum Gasteiger partial charge on any atom is 0.104 e. The number of hydrogen-bond donors (Lipinski definition) is 1. The second kappa shape index (κ2) is 4.21. The molecule has 0 saturated heterocycles. The molecule has 0 unspecified atom stereocenters. The van der Waals surface area contributed by atoms with Gasteiger partial charge < -0.3 is 5.73 Å². The van der Waals surface area contributed by atoms with E-state index in [1.807, 2.05) is 29.9 Å². The lowest BCUT2D eigenvalue weighted by atomic mass is 10.1. The molecular weight excluding hydrogens is 242 g/mol. The lowest BCUT2D eigenvalue weighted by Gasteiger charge is -2.07. The van der Waals surface area contributed by atoms with Crippen LogP contribution in [0.1, 0.15) is 35.6 Å². The molecule has 0 spiro atoms. The first-order valence-electron chi connectivity index (χ1n) is 6.11. The average molecular weight is 257 g/mol. The van der Waals surface area contributed by atoms with Crippen molar-refractivity contribution >= 4 is 17.2 Å². The summed E-state index contributed by atoms with van der Waals surface area (Å²) in [4.78, 5) is 0.443. The molecule has 1 aliphatic carbocycles. The van der Waals surface area contributed by atoms with E-state index in [0.29, 0.717) is 10.9 Å². The third-order valence-corrected chi connectivity index (χ3v) is 3.57. The Balaban J connectivity index is 1.95. The third kappa shape index (κ3) is 2.04. The van der Waals surface area contributed by atoms with E-state index in [1.54, 1.807) is 0 Å². The van der Waals surface area contributed by atoms with E-state index >= 15 is 0 Å². The van der Waals surface area contributed by atoms with Crippen molar-refractivity contribution in [3.05, 3.63) is 47.3 Å². The van der Waals surface area contributed by atoms with E-state index in [-0.39, 0.29) is 0 Å². The second-order valence-corrected chi connectivity index (χ2v) is 5.26. The molecule has 18 heavy (non-hydrogen) atoms. The molecule has 2 N–H and O–H groups in total. The first-order chi connectivity index (χ1) is 8.65. The van der Waals surface area contributed by atoms with E-state index in [0.717, 1.165) is 16.8 Å². The molecule has 4 heteroatoms. The van der Waals surface area contributed by atoms with Crippen molar-refractivity contribution in [1.29, 1.82) is 0 Å². The van der Waals surface area contributed by atoms with Crippen molar-refractivity contribution in [2.75, 3.05) is 0 Å². The highest BCUT2D eigenvalue weighted by molar-refractivity contribution is 7.80. The highest BCUT2D eigenvalue weighted by Gasteiger charge is 2.25. The number of benzene rings is 1. The summed E-state index contributed by atoms with van der Waals surface area (Å²) in [6, 6.07) is 8.14. The van der Waals surface area contributed by atoms with Crippen LogP contribution >= 0.6 is 12.2 Å². The number of aromatic nitrogens is 2. The highest BCUT2D eigenvalue weighted by Crippen LogP contribution is 2.39. The largest absolute Gasteiger partial charge is 0.389 e. The summed E-state index contributed by atoms with van der Waals surface area (Å²) >= 11 is 5.01. The monoisotopic (exact) mass is 257 g/mol. The predicted octanol–water partition coefficient (Wildman–Crippen LogP) is 2.69. The van der Waals surface area contributed by atoms with Crippen molar-refractivity contribution in [2.24, 2.45) is 5.73 Å². The zero-order chi connectivity index (χ0) is 12.7. The van der Waals surface area contributed by atoms with Crippen molar-refractivity contribution in [2.45, 2.75) is 25.7 Å². The van der Waals surface area contributed by atoms with Gasteiger partial charge in [0.05, 0.1) is 11.4 Å². The molecule has 3 rings (SSSR count). The quantitative estimate of drug-likeness (QED) is 0.860. The summed E-state index contributed by atoms with van der Waals surface area (Å²) in [7, 11) is 0. The first-order valence-corrected chi connectivity index (χ1v) is 6.52. The van der Waals surface area contributed by atoms with Gasteiger partial charge in [0.15, 0.2) is 0 Å². The van der Waals surface area contributed by atoms with Crippen LogP contribution in [0.5, 0.6) is 0 Å². The SMILES string of the molecule is Cc1cc(-n2ccc(C3CC3)n2)ccc1C(N)=S. The van der Waals surface area contributed by atoms with Crippen molar-refractivity contribution in [3.8, 4) is 5.69 Å². The Kier molecular flexibility index (Phi) is 2.67. The Morgan fingerprint density at radius 3 is 2.78 bits per heavy atom. The molecule has 0 radical (unpaired) electrons. The van der Waals surface area contributed by atoms with Gasteiger partial charge in [-0.05, 0) is 49.6 Å². The van der Waals surface area contributed by atoms with Crippen LogP contribution in [-0.4, -0.2) is 14.8 Å². The van der Waals surface area contributed by atoms with Crippen LogP contribution in [0.2, 0.25) is 0 Å². The highest BCUT2D eigenvalue weighted by atomic mass is 32.1. The predicted molar refractivity (Wildman–Crippen MR) is 76.2 cm³/mol. The minimum atomic E-state index is 0.443. The fourth-order valence-electron chi connectivity index (χ4n) is 2.15. The Morgan fingerprint density at radius 2 is 2.17 bits per heavy atom. The Bertz CT molecular complexity index is 611.